The summed E-state index contributed by atoms with van der Waals surface area (Å²) in [6.07, 6.45) is 3.85. The van der Waals surface area contributed by atoms with Gasteiger partial charge < -0.3 is 14.2 Å². The van der Waals surface area contributed by atoms with Gasteiger partial charge in [-0.25, -0.2) is 0 Å². The molecule has 0 aliphatic rings. The van der Waals surface area contributed by atoms with Crippen molar-refractivity contribution < 1.29 is 14.2 Å². The Labute approximate surface area is 391 Å². The van der Waals surface area contributed by atoms with Crippen LogP contribution in [-0.2, 0) is 52.0 Å². The Balaban J connectivity index is 0.852. The summed E-state index contributed by atoms with van der Waals surface area (Å²) in [6, 6.07) is 55.2. The van der Waals surface area contributed by atoms with Crippen LogP contribution in [0.4, 0.5) is 0 Å². The van der Waals surface area contributed by atoms with E-state index in [1.807, 2.05) is 36.4 Å². The van der Waals surface area contributed by atoms with Crippen LogP contribution in [0.2, 0.25) is 0 Å². The molecule has 0 amide bonds. The van der Waals surface area contributed by atoms with E-state index in [1.54, 1.807) is 23.5 Å². The third kappa shape index (κ3) is 16.1. The first-order valence-electron chi connectivity index (χ1n) is 20.7. The van der Waals surface area contributed by atoms with Gasteiger partial charge in [-0.05, 0) is 81.3 Å². The summed E-state index contributed by atoms with van der Waals surface area (Å²) < 4.78 is 19.4. The number of aryl methyl sites for hydroxylation is 2. The van der Waals surface area contributed by atoms with Gasteiger partial charge in [-0.1, -0.05) is 182 Å². The molecule has 6 aromatic rings. The van der Waals surface area contributed by atoms with E-state index < -0.39 is 0 Å². The highest BCUT2D eigenvalue weighted by Crippen LogP contribution is 2.38. The fourth-order valence-corrected chi connectivity index (χ4v) is 10.1. The highest BCUT2D eigenvalue weighted by molar-refractivity contribution is 8.24. The zero-order chi connectivity index (χ0) is 42.5. The van der Waals surface area contributed by atoms with Gasteiger partial charge in [-0.15, -0.1) is 46.7 Å². The summed E-state index contributed by atoms with van der Waals surface area (Å²) >= 11 is 27.4. The molecule has 0 fully saturated rings. The summed E-state index contributed by atoms with van der Waals surface area (Å²) in [5.74, 6) is 1.02. The number of rotatable bonds is 24. The van der Waals surface area contributed by atoms with Gasteiger partial charge in [0, 0.05) is 22.3 Å². The second-order valence-corrected chi connectivity index (χ2v) is 19.0. The predicted octanol–water partition coefficient (Wildman–Crippen LogP) is 14.5. The average molecular weight is 924 g/mol. The van der Waals surface area contributed by atoms with Gasteiger partial charge in [-0.2, -0.15) is 0 Å². The monoisotopic (exact) mass is 922 g/mol. The number of halogens is 2. The summed E-state index contributed by atoms with van der Waals surface area (Å²) in [7, 11) is 0. The maximum atomic E-state index is 6.06. The maximum absolute atomic E-state index is 6.06. The molecule has 0 aliphatic carbocycles. The van der Waals surface area contributed by atoms with Gasteiger partial charge >= 0.3 is 0 Å². The fourth-order valence-electron chi connectivity index (χ4n) is 6.69. The van der Waals surface area contributed by atoms with Crippen molar-refractivity contribution in [3.8, 4) is 0 Å². The molecule has 61 heavy (non-hydrogen) atoms. The van der Waals surface area contributed by atoms with E-state index in [1.165, 1.54) is 22.3 Å². The SMILES string of the molecule is S=C(SC(CCc1ccc(COCCOCCOCc2ccc(CCC(SC(=S)c3ccccc3)c3ccc(CCl)cc3)cc2)cc1)c1ccc(CCl)cc1)c1ccccc1. The molecule has 6 rings (SSSR count). The maximum Gasteiger partial charge on any atom is 0.0784 e. The van der Waals surface area contributed by atoms with Crippen molar-refractivity contribution in [3.05, 3.63) is 213 Å². The molecule has 0 saturated carbocycles. The summed E-state index contributed by atoms with van der Waals surface area (Å²) in [5, 5.41) is 0.489. The third-order valence-corrected chi connectivity index (χ3v) is 14.4. The molecule has 6 aromatic carbocycles. The Kier molecular flexibility index (Phi) is 20.3. The number of ether oxygens (including phenoxy) is 3. The van der Waals surface area contributed by atoms with Crippen LogP contribution in [-0.4, -0.2) is 34.8 Å². The first-order chi connectivity index (χ1) is 30.0. The summed E-state index contributed by atoms with van der Waals surface area (Å²) in [6.45, 7) is 3.21. The van der Waals surface area contributed by atoms with Crippen LogP contribution in [0, 0.1) is 0 Å². The van der Waals surface area contributed by atoms with Gasteiger partial charge in [0.1, 0.15) is 0 Å². The minimum absolute atomic E-state index is 0.245. The number of hydrogen-bond donors (Lipinski definition) is 0. The molecule has 316 valence electrons. The van der Waals surface area contributed by atoms with Crippen LogP contribution in [0.15, 0.2) is 158 Å². The van der Waals surface area contributed by atoms with Gasteiger partial charge in [0.25, 0.3) is 0 Å². The molecule has 0 bridgehead atoms. The Hall–Kier alpha value is -3.34. The van der Waals surface area contributed by atoms with E-state index in [9.17, 15) is 0 Å². The number of benzene rings is 6. The molecule has 0 saturated heterocycles. The van der Waals surface area contributed by atoms with Crippen LogP contribution >= 0.6 is 71.2 Å². The lowest BCUT2D eigenvalue weighted by Gasteiger charge is -2.18. The van der Waals surface area contributed by atoms with E-state index in [0.717, 1.165) is 67.5 Å². The molecular weight excluding hydrogens is 872 g/mol. The lowest BCUT2D eigenvalue weighted by atomic mass is 10.0. The highest BCUT2D eigenvalue weighted by Gasteiger charge is 2.18. The molecule has 0 radical (unpaired) electrons. The van der Waals surface area contributed by atoms with E-state index in [4.69, 9.17) is 61.8 Å². The number of thiocarbonyl (C=S) groups is 2. The van der Waals surface area contributed by atoms with E-state index in [2.05, 4.69) is 121 Å². The first kappa shape index (κ1) is 47.1. The van der Waals surface area contributed by atoms with Crippen molar-refractivity contribution in [1.82, 2.24) is 0 Å². The van der Waals surface area contributed by atoms with Gasteiger partial charge in [0.2, 0.25) is 0 Å². The molecule has 0 N–H and O–H groups in total. The van der Waals surface area contributed by atoms with Crippen molar-refractivity contribution in [2.75, 3.05) is 26.4 Å². The predicted molar refractivity (Wildman–Crippen MR) is 269 cm³/mol. The molecule has 0 aliphatic heterocycles. The Bertz CT molecular complexity index is 2030. The lowest BCUT2D eigenvalue weighted by Crippen LogP contribution is -2.09. The van der Waals surface area contributed by atoms with Gasteiger partial charge in [0.15, 0.2) is 0 Å². The van der Waals surface area contributed by atoms with Crippen molar-refractivity contribution in [1.29, 1.82) is 0 Å². The van der Waals surface area contributed by atoms with E-state index >= 15 is 0 Å². The van der Waals surface area contributed by atoms with Gasteiger partial charge in [-0.3, -0.25) is 0 Å². The van der Waals surface area contributed by atoms with Crippen LogP contribution in [0.3, 0.4) is 0 Å². The lowest BCUT2D eigenvalue weighted by molar-refractivity contribution is 0.00704. The first-order valence-corrected chi connectivity index (χ1v) is 24.3. The number of thioether (sulfide) groups is 2. The molecule has 2 unspecified atom stereocenters. The quantitative estimate of drug-likeness (QED) is 0.0339. The summed E-state index contributed by atoms with van der Waals surface area (Å²) in [4.78, 5) is 0. The number of alkyl halides is 2. The van der Waals surface area contributed by atoms with Crippen LogP contribution in [0.25, 0.3) is 0 Å². The molecule has 0 aromatic heterocycles. The second-order valence-electron chi connectivity index (χ2n) is 14.7. The third-order valence-electron chi connectivity index (χ3n) is 10.2. The highest BCUT2D eigenvalue weighted by atomic mass is 35.5. The smallest absolute Gasteiger partial charge is 0.0784 e. The normalized spacial score (nSPS) is 12.2. The van der Waals surface area contributed by atoms with E-state index in [-0.39, 0.29) is 10.5 Å². The zero-order valence-corrected chi connectivity index (χ0v) is 39.0. The van der Waals surface area contributed by atoms with E-state index in [0.29, 0.717) is 51.4 Å². The molecule has 3 nitrogen and oxygen atoms in total. The summed E-state index contributed by atoms with van der Waals surface area (Å²) in [5.41, 5.74) is 11.8. The zero-order valence-electron chi connectivity index (χ0n) is 34.3. The minimum atomic E-state index is 0.245. The standard InChI is InChI=1S/C52H52Cl2O3S4/c53-35-41-19-25-45(26-20-41)49(60-51(58)47-7-3-1-4-8-47)29-23-39-11-15-43(16-12-39)37-56-33-31-55-32-34-57-38-44-17-13-40(14-18-44)24-30-50(46-27-21-42(36-54)22-28-46)61-52(59)48-9-5-2-6-10-48/h1-22,25-28,49-50H,23-24,29-38H2. The second kappa shape index (κ2) is 26.3. The van der Waals surface area contributed by atoms with Crippen molar-refractivity contribution in [2.24, 2.45) is 0 Å². The fraction of sp³-hybridized carbons (Fsp3) is 0.269. The Morgan fingerprint density at radius 1 is 0.410 bits per heavy atom. The molecule has 9 heteroatoms. The van der Waals surface area contributed by atoms with Crippen molar-refractivity contribution in [2.45, 2.75) is 61.2 Å². The molecule has 0 spiro atoms. The largest absolute Gasteiger partial charge is 0.377 e. The van der Waals surface area contributed by atoms with Crippen LogP contribution < -0.4 is 0 Å². The van der Waals surface area contributed by atoms with Crippen molar-refractivity contribution in [3.63, 3.8) is 0 Å². The van der Waals surface area contributed by atoms with Gasteiger partial charge in [0.05, 0.1) is 48.0 Å². The molecule has 2 atom stereocenters. The minimum Gasteiger partial charge on any atom is -0.377 e. The van der Waals surface area contributed by atoms with Crippen LogP contribution in [0.1, 0.15) is 79.0 Å². The average Bonchev–Trinajstić information content (AvgIpc) is 3.32. The molecular formula is C52H52Cl2O3S4. The van der Waals surface area contributed by atoms with Crippen LogP contribution in [0.5, 0.6) is 0 Å². The topological polar surface area (TPSA) is 27.7 Å². The Morgan fingerprint density at radius 3 is 1.10 bits per heavy atom. The number of hydrogen-bond acceptors (Lipinski definition) is 7. The molecule has 0 heterocycles. The van der Waals surface area contributed by atoms with Crippen molar-refractivity contribution >= 4 is 79.6 Å². The Morgan fingerprint density at radius 2 is 0.738 bits per heavy atom.